The number of aromatic nitrogens is 2. The zero-order valence-electron chi connectivity index (χ0n) is 16.0. The van der Waals surface area contributed by atoms with Gasteiger partial charge in [-0.1, -0.05) is 36.9 Å². The number of hydrogen-bond acceptors (Lipinski definition) is 6. The van der Waals surface area contributed by atoms with E-state index in [4.69, 9.17) is 9.72 Å². The molecule has 0 aliphatic carbocycles. The van der Waals surface area contributed by atoms with E-state index in [9.17, 15) is 9.59 Å². The van der Waals surface area contributed by atoms with Gasteiger partial charge in [0.2, 0.25) is 5.91 Å². The fraction of sp³-hybridized carbons (Fsp3) is 0.450. The Labute approximate surface area is 172 Å². The zero-order valence-corrected chi connectivity index (χ0v) is 17.6. The molecule has 4 rings (SSSR count). The van der Waals surface area contributed by atoms with Crippen LogP contribution in [0.4, 0.5) is 5.69 Å². The quantitative estimate of drug-likeness (QED) is 0.532. The smallest absolute Gasteiger partial charge is 0.268 e. The van der Waals surface area contributed by atoms with Gasteiger partial charge in [0.1, 0.15) is 0 Å². The number of carbonyl (C=O) groups is 1. The van der Waals surface area contributed by atoms with Gasteiger partial charge in [-0.3, -0.25) is 14.2 Å². The Morgan fingerprint density at radius 2 is 2.21 bits per heavy atom. The van der Waals surface area contributed by atoms with Crippen molar-refractivity contribution >= 4 is 35.1 Å². The van der Waals surface area contributed by atoms with E-state index in [1.54, 1.807) is 23.4 Å². The van der Waals surface area contributed by atoms with Crippen LogP contribution >= 0.6 is 23.5 Å². The van der Waals surface area contributed by atoms with Crippen molar-refractivity contribution in [3.63, 3.8) is 0 Å². The van der Waals surface area contributed by atoms with Crippen LogP contribution in [-0.2, 0) is 28.9 Å². The summed E-state index contributed by atoms with van der Waals surface area (Å²) < 4.78 is 6.82. The normalized spacial score (nSPS) is 17.6. The van der Waals surface area contributed by atoms with E-state index in [1.807, 2.05) is 23.1 Å². The molecule has 2 aromatic rings. The van der Waals surface area contributed by atoms with E-state index in [1.165, 1.54) is 17.3 Å². The van der Waals surface area contributed by atoms with Crippen molar-refractivity contribution < 1.29 is 9.53 Å². The van der Waals surface area contributed by atoms with Gasteiger partial charge in [0.05, 0.1) is 29.5 Å². The summed E-state index contributed by atoms with van der Waals surface area (Å²) in [7, 11) is 1.61. The number of amides is 1. The van der Waals surface area contributed by atoms with Crippen LogP contribution in [0.3, 0.4) is 0 Å². The van der Waals surface area contributed by atoms with Gasteiger partial charge in [-0.25, -0.2) is 4.98 Å². The molecule has 0 fully saturated rings. The molecular formula is C20H23N3O3S2. The van der Waals surface area contributed by atoms with Gasteiger partial charge >= 0.3 is 0 Å². The first-order chi connectivity index (χ1) is 13.6. The van der Waals surface area contributed by atoms with Gasteiger partial charge in [0.15, 0.2) is 5.16 Å². The minimum absolute atomic E-state index is 0.0159. The van der Waals surface area contributed by atoms with Crippen LogP contribution in [0.5, 0.6) is 0 Å². The summed E-state index contributed by atoms with van der Waals surface area (Å²) in [5.41, 5.74) is 3.05. The van der Waals surface area contributed by atoms with Gasteiger partial charge in [-0.05, 0) is 18.1 Å². The largest absolute Gasteiger partial charge is 0.383 e. The molecule has 0 saturated heterocycles. The molecule has 6 nitrogen and oxygen atoms in total. The highest BCUT2D eigenvalue weighted by Crippen LogP contribution is 2.34. The average Bonchev–Trinajstić information content (AvgIpc) is 3.28. The van der Waals surface area contributed by atoms with Gasteiger partial charge in [-0.2, -0.15) is 0 Å². The standard InChI is InChI=1S/C20H23N3O3S2/c1-13-11-15-18(28-13)19(25)23(9-10-26-2)20(21-15)27-12-17(24)22-8-7-14-5-3-4-6-16(14)22/h3-6,13H,7-12H2,1-2H3/t13-/m1/s1. The third kappa shape index (κ3) is 3.73. The third-order valence-corrected chi connectivity index (χ3v) is 7.17. The number of ether oxygens (including phenoxy) is 1. The zero-order chi connectivity index (χ0) is 19.7. The van der Waals surface area contributed by atoms with Crippen molar-refractivity contribution in [3.8, 4) is 0 Å². The lowest BCUT2D eigenvalue weighted by Crippen LogP contribution is -2.31. The Kier molecular flexibility index (Phi) is 5.80. The number of thioether (sulfide) groups is 2. The summed E-state index contributed by atoms with van der Waals surface area (Å²) in [5.74, 6) is 0.306. The molecule has 2 aliphatic heterocycles. The number of carbonyl (C=O) groups excluding carboxylic acids is 1. The van der Waals surface area contributed by atoms with E-state index in [0.717, 1.165) is 29.1 Å². The lowest BCUT2D eigenvalue weighted by molar-refractivity contribution is -0.116. The summed E-state index contributed by atoms with van der Waals surface area (Å²) in [6, 6.07) is 8.02. The number of methoxy groups -OCH3 is 1. The molecular weight excluding hydrogens is 394 g/mol. The number of anilines is 1. The van der Waals surface area contributed by atoms with Crippen LogP contribution in [0, 0.1) is 0 Å². The lowest BCUT2D eigenvalue weighted by atomic mass is 10.2. The topological polar surface area (TPSA) is 64.4 Å². The number of hydrogen-bond donors (Lipinski definition) is 0. The molecule has 3 heterocycles. The summed E-state index contributed by atoms with van der Waals surface area (Å²) in [4.78, 5) is 33.1. The SMILES string of the molecule is COCCn1c(SCC(=O)N2CCc3ccccc32)nc2c(c1=O)S[C@H](C)C2. The summed E-state index contributed by atoms with van der Waals surface area (Å²) in [6.07, 6.45) is 1.68. The van der Waals surface area contributed by atoms with Crippen LogP contribution in [0.2, 0.25) is 0 Å². The lowest BCUT2D eigenvalue weighted by Gasteiger charge is -2.18. The maximum Gasteiger partial charge on any atom is 0.268 e. The van der Waals surface area contributed by atoms with E-state index in [2.05, 4.69) is 13.0 Å². The van der Waals surface area contributed by atoms with Crippen molar-refractivity contribution in [2.75, 3.05) is 30.9 Å². The second-order valence-electron chi connectivity index (χ2n) is 6.97. The number of para-hydroxylation sites is 1. The molecule has 2 aliphatic rings. The van der Waals surface area contributed by atoms with Crippen LogP contribution < -0.4 is 10.5 Å². The predicted octanol–water partition coefficient (Wildman–Crippen LogP) is 2.61. The summed E-state index contributed by atoms with van der Waals surface area (Å²) in [5, 5.41) is 0.963. The first-order valence-electron chi connectivity index (χ1n) is 9.39. The second kappa shape index (κ2) is 8.31. The fourth-order valence-corrected chi connectivity index (χ4v) is 5.66. The molecule has 1 atom stereocenters. The third-order valence-electron chi connectivity index (χ3n) is 4.99. The van der Waals surface area contributed by atoms with Crippen molar-refractivity contribution in [3.05, 3.63) is 45.9 Å². The molecule has 28 heavy (non-hydrogen) atoms. The van der Waals surface area contributed by atoms with Gasteiger partial charge in [0, 0.05) is 31.0 Å². The van der Waals surface area contributed by atoms with Gasteiger partial charge in [-0.15, -0.1) is 11.8 Å². The van der Waals surface area contributed by atoms with Crippen molar-refractivity contribution in [2.24, 2.45) is 0 Å². The Balaban J connectivity index is 1.55. The minimum atomic E-state index is -0.0159. The van der Waals surface area contributed by atoms with Gasteiger partial charge in [0.25, 0.3) is 5.56 Å². The Bertz CT molecular complexity index is 960. The van der Waals surface area contributed by atoms with Crippen LogP contribution in [0.15, 0.2) is 39.1 Å². The first-order valence-corrected chi connectivity index (χ1v) is 11.3. The molecule has 0 unspecified atom stereocenters. The van der Waals surface area contributed by atoms with Crippen molar-refractivity contribution in [2.45, 2.75) is 41.6 Å². The highest BCUT2D eigenvalue weighted by molar-refractivity contribution is 8.00. The van der Waals surface area contributed by atoms with E-state index < -0.39 is 0 Å². The molecule has 0 bridgehead atoms. The van der Waals surface area contributed by atoms with E-state index >= 15 is 0 Å². The number of fused-ring (bicyclic) bond motifs is 2. The average molecular weight is 418 g/mol. The first kappa shape index (κ1) is 19.5. The van der Waals surface area contributed by atoms with E-state index in [-0.39, 0.29) is 17.2 Å². The predicted molar refractivity (Wildman–Crippen MR) is 113 cm³/mol. The molecule has 0 spiro atoms. The summed E-state index contributed by atoms with van der Waals surface area (Å²) >= 11 is 2.93. The van der Waals surface area contributed by atoms with Crippen LogP contribution in [0.1, 0.15) is 18.2 Å². The van der Waals surface area contributed by atoms with Crippen molar-refractivity contribution in [1.29, 1.82) is 0 Å². The van der Waals surface area contributed by atoms with Crippen molar-refractivity contribution in [1.82, 2.24) is 9.55 Å². The molecule has 0 N–H and O–H groups in total. The fourth-order valence-electron chi connectivity index (χ4n) is 3.62. The molecule has 1 aromatic heterocycles. The maximum absolute atomic E-state index is 12.9. The highest BCUT2D eigenvalue weighted by Gasteiger charge is 2.28. The molecule has 0 saturated carbocycles. The molecule has 1 amide bonds. The Morgan fingerprint density at radius 1 is 1.39 bits per heavy atom. The Morgan fingerprint density at radius 3 is 3.04 bits per heavy atom. The molecule has 8 heteroatoms. The van der Waals surface area contributed by atoms with Crippen LogP contribution in [0.25, 0.3) is 0 Å². The Hall–Kier alpha value is -1.77. The maximum atomic E-state index is 12.9. The van der Waals surface area contributed by atoms with Gasteiger partial charge < -0.3 is 9.64 Å². The number of benzene rings is 1. The van der Waals surface area contributed by atoms with E-state index in [0.29, 0.717) is 30.1 Å². The summed E-state index contributed by atoms with van der Waals surface area (Å²) in [6.45, 7) is 3.68. The molecule has 0 radical (unpaired) electrons. The number of rotatable bonds is 6. The molecule has 148 valence electrons. The number of nitrogens with zero attached hydrogens (tertiary/aromatic N) is 3. The molecule has 1 aromatic carbocycles. The minimum Gasteiger partial charge on any atom is -0.383 e. The monoisotopic (exact) mass is 417 g/mol. The second-order valence-corrected chi connectivity index (χ2v) is 9.36. The van der Waals surface area contributed by atoms with Crippen LogP contribution in [-0.4, -0.2) is 46.7 Å². The highest BCUT2D eigenvalue weighted by atomic mass is 32.2.